The molecule has 0 aliphatic carbocycles. The van der Waals surface area contributed by atoms with Crippen LogP contribution in [0.15, 0.2) is 30.3 Å². The highest BCUT2D eigenvalue weighted by Gasteiger charge is 2.15. The minimum Gasteiger partial charge on any atom is -0.312 e. The lowest BCUT2D eigenvalue weighted by Gasteiger charge is -2.06. The lowest BCUT2D eigenvalue weighted by Crippen LogP contribution is -2.05. The fraction of sp³-hybridized carbons (Fsp3) is 0.300. The van der Waals surface area contributed by atoms with Gasteiger partial charge in [-0.2, -0.15) is 0 Å². The van der Waals surface area contributed by atoms with Crippen LogP contribution in [0.3, 0.4) is 0 Å². The van der Waals surface area contributed by atoms with Gasteiger partial charge in [-0.25, -0.2) is 0 Å². The second kappa shape index (κ2) is 3.05. The summed E-state index contributed by atoms with van der Waals surface area (Å²) in [5.41, 5.74) is 1.45. The van der Waals surface area contributed by atoms with Crippen molar-refractivity contribution in [2.75, 3.05) is 6.54 Å². The molecule has 0 amide bonds. The van der Waals surface area contributed by atoms with Gasteiger partial charge >= 0.3 is 0 Å². The molecule has 1 fully saturated rings. The predicted octanol–water partition coefficient (Wildman–Crippen LogP) is 1.93. The molecule has 1 aliphatic heterocycles. The quantitative estimate of drug-likeness (QED) is 0.638. The van der Waals surface area contributed by atoms with E-state index in [0.717, 1.165) is 6.54 Å². The van der Waals surface area contributed by atoms with Gasteiger partial charge in [0.25, 0.3) is 0 Å². The Morgan fingerprint density at radius 2 is 2.00 bits per heavy atom. The van der Waals surface area contributed by atoms with Crippen LogP contribution >= 0.6 is 0 Å². The smallest absolute Gasteiger partial charge is 0.0227 e. The first-order chi connectivity index (χ1) is 5.47. The average Bonchev–Trinajstić information content (AvgIpc) is 2.58. The molecule has 57 valence electrons. The molecule has 0 saturated carbocycles. The molecule has 1 N–H and O–H groups in total. The summed E-state index contributed by atoms with van der Waals surface area (Å²) in [5.74, 6) is 0.705. The Labute approximate surface area is 67.4 Å². The molecule has 0 aromatic heterocycles. The standard InChI is InChI=1S/C10H12N/c1-2-4-9(5-3-1)10-6-7-11-8-10/h1-5,7,10-11H,6,8H2. The molecule has 1 atom stereocenters. The summed E-state index contributed by atoms with van der Waals surface area (Å²) in [7, 11) is 0. The van der Waals surface area contributed by atoms with Gasteiger partial charge in [-0.05, 0) is 17.9 Å². The predicted molar refractivity (Wildman–Crippen MR) is 46.1 cm³/mol. The average molecular weight is 146 g/mol. The Hall–Kier alpha value is -0.820. The molecule has 11 heavy (non-hydrogen) atoms. The second-order valence-electron chi connectivity index (χ2n) is 2.96. The summed E-state index contributed by atoms with van der Waals surface area (Å²) in [5, 5.41) is 3.25. The Morgan fingerprint density at radius 3 is 2.64 bits per heavy atom. The van der Waals surface area contributed by atoms with Gasteiger partial charge in [0.05, 0.1) is 0 Å². The molecule has 1 aromatic rings. The van der Waals surface area contributed by atoms with Gasteiger partial charge < -0.3 is 5.32 Å². The zero-order valence-electron chi connectivity index (χ0n) is 6.46. The molecule has 1 nitrogen and oxygen atoms in total. The van der Waals surface area contributed by atoms with Crippen LogP contribution in [0.5, 0.6) is 0 Å². The third-order valence-electron chi connectivity index (χ3n) is 2.18. The maximum atomic E-state index is 3.25. The maximum absolute atomic E-state index is 3.25. The van der Waals surface area contributed by atoms with Gasteiger partial charge in [0.1, 0.15) is 0 Å². The Balaban J connectivity index is 2.16. The number of benzene rings is 1. The third-order valence-corrected chi connectivity index (χ3v) is 2.18. The largest absolute Gasteiger partial charge is 0.312 e. The monoisotopic (exact) mass is 146 g/mol. The summed E-state index contributed by atoms with van der Waals surface area (Å²) in [6, 6.07) is 10.7. The fourth-order valence-electron chi connectivity index (χ4n) is 1.51. The number of hydrogen-bond acceptors (Lipinski definition) is 1. The van der Waals surface area contributed by atoms with E-state index in [1.807, 2.05) is 0 Å². The van der Waals surface area contributed by atoms with Crippen molar-refractivity contribution >= 4 is 0 Å². The van der Waals surface area contributed by atoms with Crippen LogP contribution in [0.1, 0.15) is 17.9 Å². The van der Waals surface area contributed by atoms with Crippen molar-refractivity contribution in [3.8, 4) is 0 Å². The van der Waals surface area contributed by atoms with Crippen LogP contribution < -0.4 is 5.32 Å². The molecule has 1 aliphatic rings. The normalized spacial score (nSPS) is 23.8. The maximum Gasteiger partial charge on any atom is 0.0227 e. The van der Waals surface area contributed by atoms with Crippen molar-refractivity contribution in [2.45, 2.75) is 12.3 Å². The van der Waals surface area contributed by atoms with E-state index in [1.165, 1.54) is 12.0 Å². The number of nitrogens with one attached hydrogen (secondary N) is 1. The molecular formula is C10H12N. The Morgan fingerprint density at radius 1 is 1.18 bits per heavy atom. The van der Waals surface area contributed by atoms with E-state index in [1.54, 1.807) is 0 Å². The van der Waals surface area contributed by atoms with Crippen molar-refractivity contribution < 1.29 is 0 Å². The highest BCUT2D eigenvalue weighted by Crippen LogP contribution is 2.22. The lowest BCUT2D eigenvalue weighted by atomic mass is 9.99. The minimum atomic E-state index is 0.705. The van der Waals surface area contributed by atoms with E-state index in [2.05, 4.69) is 42.2 Å². The number of rotatable bonds is 1. The van der Waals surface area contributed by atoms with E-state index in [4.69, 9.17) is 0 Å². The lowest BCUT2D eigenvalue weighted by molar-refractivity contribution is 0.764. The third kappa shape index (κ3) is 1.43. The van der Waals surface area contributed by atoms with Crippen LogP contribution in [-0.4, -0.2) is 6.54 Å². The van der Waals surface area contributed by atoms with Crippen LogP contribution in [0, 0.1) is 6.54 Å². The first kappa shape index (κ1) is 6.86. The molecule has 1 heterocycles. The van der Waals surface area contributed by atoms with E-state index in [-0.39, 0.29) is 0 Å². The molecular weight excluding hydrogens is 134 g/mol. The van der Waals surface area contributed by atoms with E-state index in [9.17, 15) is 0 Å². The van der Waals surface area contributed by atoms with Gasteiger partial charge in [-0.1, -0.05) is 30.3 Å². The fourth-order valence-corrected chi connectivity index (χ4v) is 1.51. The van der Waals surface area contributed by atoms with Gasteiger partial charge in [-0.3, -0.25) is 0 Å². The summed E-state index contributed by atoms with van der Waals surface area (Å²) in [6.07, 6.45) is 1.17. The highest BCUT2D eigenvalue weighted by molar-refractivity contribution is 5.21. The Kier molecular flexibility index (Phi) is 1.91. The van der Waals surface area contributed by atoms with Crippen LogP contribution in [0.4, 0.5) is 0 Å². The van der Waals surface area contributed by atoms with E-state index >= 15 is 0 Å². The highest BCUT2D eigenvalue weighted by atomic mass is 14.9. The van der Waals surface area contributed by atoms with E-state index < -0.39 is 0 Å². The molecule has 0 spiro atoms. The van der Waals surface area contributed by atoms with Gasteiger partial charge in [0.2, 0.25) is 0 Å². The molecule has 1 aromatic carbocycles. The first-order valence-corrected chi connectivity index (χ1v) is 4.07. The summed E-state index contributed by atoms with van der Waals surface area (Å²) in [6.45, 7) is 3.25. The van der Waals surface area contributed by atoms with Gasteiger partial charge in [0, 0.05) is 13.1 Å². The summed E-state index contributed by atoms with van der Waals surface area (Å²) < 4.78 is 0. The van der Waals surface area contributed by atoms with Crippen LogP contribution in [0.2, 0.25) is 0 Å². The van der Waals surface area contributed by atoms with Crippen LogP contribution in [0.25, 0.3) is 0 Å². The summed E-state index contributed by atoms with van der Waals surface area (Å²) >= 11 is 0. The van der Waals surface area contributed by atoms with Crippen molar-refractivity contribution in [2.24, 2.45) is 0 Å². The van der Waals surface area contributed by atoms with Crippen molar-refractivity contribution in [3.63, 3.8) is 0 Å². The van der Waals surface area contributed by atoms with Gasteiger partial charge in [0.15, 0.2) is 0 Å². The van der Waals surface area contributed by atoms with Crippen LogP contribution in [-0.2, 0) is 0 Å². The molecule has 2 rings (SSSR count). The SMILES string of the molecule is [CH]1CC(c2ccccc2)CN1. The second-order valence-corrected chi connectivity index (χ2v) is 2.96. The van der Waals surface area contributed by atoms with E-state index in [0.29, 0.717) is 5.92 Å². The molecule has 1 heteroatoms. The zero-order valence-corrected chi connectivity index (χ0v) is 6.46. The topological polar surface area (TPSA) is 12.0 Å². The van der Waals surface area contributed by atoms with Gasteiger partial charge in [-0.15, -0.1) is 0 Å². The Bertz CT molecular complexity index is 212. The molecule has 1 radical (unpaired) electrons. The first-order valence-electron chi connectivity index (χ1n) is 4.07. The number of hydrogen-bond donors (Lipinski definition) is 1. The van der Waals surface area contributed by atoms with Crippen molar-refractivity contribution in [1.29, 1.82) is 0 Å². The zero-order chi connectivity index (χ0) is 7.52. The molecule has 1 saturated heterocycles. The van der Waals surface area contributed by atoms with Crippen molar-refractivity contribution in [3.05, 3.63) is 42.4 Å². The molecule has 0 bridgehead atoms. The molecule has 1 unspecified atom stereocenters. The summed E-state index contributed by atoms with van der Waals surface area (Å²) in [4.78, 5) is 0. The minimum absolute atomic E-state index is 0.705. The van der Waals surface area contributed by atoms with Crippen molar-refractivity contribution in [1.82, 2.24) is 5.32 Å².